The molecule has 1 aromatic rings. The van der Waals surface area contributed by atoms with E-state index in [1.54, 1.807) is 0 Å². The molecule has 1 heterocycles. The Labute approximate surface area is 90.6 Å². The highest BCUT2D eigenvalue weighted by molar-refractivity contribution is 5.59. The first-order valence-corrected chi connectivity index (χ1v) is 5.44. The molecular formula is C13H17NO. The molecule has 1 aromatic carbocycles. The van der Waals surface area contributed by atoms with Gasteiger partial charge in [-0.15, -0.1) is 6.58 Å². The lowest BCUT2D eigenvalue weighted by molar-refractivity contribution is 0.272. The number of hydrogen-bond acceptors (Lipinski definition) is 2. The summed E-state index contributed by atoms with van der Waals surface area (Å²) in [6, 6.07) is 8.74. The number of nitrogens with one attached hydrogen (secondary N) is 1. The number of fused-ring (bicyclic) bond motifs is 1. The van der Waals surface area contributed by atoms with Crippen LogP contribution in [-0.2, 0) is 0 Å². The third kappa shape index (κ3) is 1.90. The Morgan fingerprint density at radius 2 is 2.20 bits per heavy atom. The fourth-order valence-electron chi connectivity index (χ4n) is 2.37. The summed E-state index contributed by atoms with van der Waals surface area (Å²) in [5.74, 6) is 0.421. The van der Waals surface area contributed by atoms with E-state index in [9.17, 15) is 0 Å². The van der Waals surface area contributed by atoms with Crippen LogP contribution >= 0.6 is 0 Å². The Kier molecular flexibility index (Phi) is 3.07. The SMILES string of the molecule is C=CC[C@@H]1Nc2ccccc2[C@H]1CCO. The van der Waals surface area contributed by atoms with Crippen molar-refractivity contribution in [3.8, 4) is 0 Å². The molecule has 2 nitrogen and oxygen atoms in total. The molecule has 0 saturated heterocycles. The zero-order valence-corrected chi connectivity index (χ0v) is 8.82. The summed E-state index contributed by atoms with van der Waals surface area (Å²) in [6.07, 6.45) is 3.70. The quantitative estimate of drug-likeness (QED) is 0.737. The largest absolute Gasteiger partial charge is 0.396 e. The van der Waals surface area contributed by atoms with Crippen molar-refractivity contribution in [2.75, 3.05) is 11.9 Å². The molecule has 0 saturated carbocycles. The standard InChI is InChI=1S/C13H17NO/c1-2-5-12-11(8-9-15)10-6-3-4-7-13(10)14-12/h2-4,6-7,11-12,14-15H,1,5,8-9H2/t11-,12+/m1/s1. The van der Waals surface area contributed by atoms with Gasteiger partial charge in [0.2, 0.25) is 0 Å². The molecule has 2 heteroatoms. The zero-order chi connectivity index (χ0) is 10.7. The normalized spacial score (nSPS) is 23.3. The molecule has 0 aliphatic carbocycles. The van der Waals surface area contributed by atoms with Crippen molar-refractivity contribution in [2.24, 2.45) is 0 Å². The molecule has 0 bridgehead atoms. The molecule has 2 N–H and O–H groups in total. The number of hydrogen-bond donors (Lipinski definition) is 2. The van der Waals surface area contributed by atoms with E-state index >= 15 is 0 Å². The highest BCUT2D eigenvalue weighted by atomic mass is 16.3. The molecule has 0 spiro atoms. The average Bonchev–Trinajstić information content (AvgIpc) is 2.59. The van der Waals surface area contributed by atoms with Crippen molar-refractivity contribution in [2.45, 2.75) is 24.8 Å². The summed E-state index contributed by atoms with van der Waals surface area (Å²) >= 11 is 0. The van der Waals surface area contributed by atoms with Gasteiger partial charge in [-0.1, -0.05) is 24.3 Å². The Morgan fingerprint density at radius 3 is 2.93 bits per heavy atom. The first-order valence-electron chi connectivity index (χ1n) is 5.44. The molecule has 15 heavy (non-hydrogen) atoms. The molecule has 2 atom stereocenters. The topological polar surface area (TPSA) is 32.3 Å². The number of aliphatic hydroxyl groups is 1. The first kappa shape index (κ1) is 10.2. The van der Waals surface area contributed by atoms with Crippen LogP contribution in [0.1, 0.15) is 24.3 Å². The maximum absolute atomic E-state index is 9.08. The van der Waals surface area contributed by atoms with Crippen LogP contribution in [0.5, 0.6) is 0 Å². The van der Waals surface area contributed by atoms with Crippen LogP contribution in [0.15, 0.2) is 36.9 Å². The molecule has 0 fully saturated rings. The second-order valence-electron chi connectivity index (χ2n) is 3.98. The molecule has 1 aliphatic heterocycles. The minimum atomic E-state index is 0.244. The highest BCUT2D eigenvalue weighted by Gasteiger charge is 2.29. The monoisotopic (exact) mass is 203 g/mol. The van der Waals surface area contributed by atoms with Crippen molar-refractivity contribution in [1.29, 1.82) is 0 Å². The number of aliphatic hydroxyl groups excluding tert-OH is 1. The fraction of sp³-hybridized carbons (Fsp3) is 0.385. The van der Waals surface area contributed by atoms with E-state index < -0.39 is 0 Å². The van der Waals surface area contributed by atoms with Crippen LogP contribution in [-0.4, -0.2) is 17.8 Å². The molecular weight excluding hydrogens is 186 g/mol. The first-order chi connectivity index (χ1) is 7.36. The lowest BCUT2D eigenvalue weighted by Crippen LogP contribution is -2.20. The predicted octanol–water partition coefficient (Wildman–Crippen LogP) is 2.52. The minimum absolute atomic E-state index is 0.244. The van der Waals surface area contributed by atoms with Crippen molar-refractivity contribution in [1.82, 2.24) is 0 Å². The number of anilines is 1. The Balaban J connectivity index is 2.24. The summed E-state index contributed by atoms with van der Waals surface area (Å²) in [6.45, 7) is 4.02. The van der Waals surface area contributed by atoms with Gasteiger partial charge in [-0.3, -0.25) is 0 Å². The van der Waals surface area contributed by atoms with Gasteiger partial charge in [0.05, 0.1) is 0 Å². The summed E-state index contributed by atoms with van der Waals surface area (Å²) in [7, 11) is 0. The predicted molar refractivity (Wildman–Crippen MR) is 63.1 cm³/mol. The second-order valence-corrected chi connectivity index (χ2v) is 3.98. The van der Waals surface area contributed by atoms with Gasteiger partial charge in [0.1, 0.15) is 0 Å². The van der Waals surface area contributed by atoms with E-state index in [1.807, 2.05) is 12.1 Å². The van der Waals surface area contributed by atoms with Crippen LogP contribution in [0.4, 0.5) is 5.69 Å². The molecule has 0 unspecified atom stereocenters. The van der Waals surface area contributed by atoms with E-state index in [-0.39, 0.29) is 6.61 Å². The van der Waals surface area contributed by atoms with E-state index in [0.29, 0.717) is 12.0 Å². The van der Waals surface area contributed by atoms with Crippen LogP contribution in [0.25, 0.3) is 0 Å². The van der Waals surface area contributed by atoms with Gasteiger partial charge in [0, 0.05) is 24.3 Å². The van der Waals surface area contributed by atoms with Gasteiger partial charge in [-0.05, 0) is 24.5 Å². The van der Waals surface area contributed by atoms with E-state index in [0.717, 1.165) is 12.8 Å². The summed E-state index contributed by atoms with van der Waals surface area (Å²) < 4.78 is 0. The summed E-state index contributed by atoms with van der Waals surface area (Å²) in [5, 5.41) is 12.6. The van der Waals surface area contributed by atoms with Crippen molar-refractivity contribution in [3.63, 3.8) is 0 Å². The molecule has 80 valence electrons. The van der Waals surface area contributed by atoms with Gasteiger partial charge in [0.15, 0.2) is 0 Å². The van der Waals surface area contributed by atoms with Crippen molar-refractivity contribution < 1.29 is 5.11 Å². The van der Waals surface area contributed by atoms with Gasteiger partial charge in [-0.25, -0.2) is 0 Å². The van der Waals surface area contributed by atoms with Crippen molar-refractivity contribution in [3.05, 3.63) is 42.5 Å². The number of para-hydroxylation sites is 1. The lowest BCUT2D eigenvalue weighted by atomic mass is 9.90. The molecule has 0 radical (unpaired) electrons. The molecule has 1 aliphatic rings. The smallest absolute Gasteiger partial charge is 0.0437 e. The molecule has 2 rings (SSSR count). The van der Waals surface area contributed by atoms with Gasteiger partial charge >= 0.3 is 0 Å². The lowest BCUT2D eigenvalue weighted by Gasteiger charge is -2.17. The summed E-state index contributed by atoms with van der Waals surface area (Å²) in [4.78, 5) is 0. The summed E-state index contributed by atoms with van der Waals surface area (Å²) in [5.41, 5.74) is 2.54. The third-order valence-corrected chi connectivity index (χ3v) is 3.05. The maximum atomic E-state index is 9.08. The van der Waals surface area contributed by atoms with E-state index in [4.69, 9.17) is 5.11 Å². The van der Waals surface area contributed by atoms with Crippen LogP contribution in [0, 0.1) is 0 Å². The Hall–Kier alpha value is -1.28. The van der Waals surface area contributed by atoms with Gasteiger partial charge in [0.25, 0.3) is 0 Å². The fourth-order valence-corrected chi connectivity index (χ4v) is 2.37. The van der Waals surface area contributed by atoms with E-state index in [1.165, 1.54) is 11.3 Å². The van der Waals surface area contributed by atoms with Gasteiger partial charge < -0.3 is 10.4 Å². The minimum Gasteiger partial charge on any atom is -0.396 e. The van der Waals surface area contributed by atoms with Gasteiger partial charge in [-0.2, -0.15) is 0 Å². The van der Waals surface area contributed by atoms with E-state index in [2.05, 4.69) is 30.1 Å². The van der Waals surface area contributed by atoms with Crippen LogP contribution in [0.2, 0.25) is 0 Å². The molecule has 0 amide bonds. The van der Waals surface area contributed by atoms with Crippen molar-refractivity contribution >= 4 is 5.69 Å². The second kappa shape index (κ2) is 4.49. The maximum Gasteiger partial charge on any atom is 0.0437 e. The Morgan fingerprint density at radius 1 is 1.40 bits per heavy atom. The van der Waals surface area contributed by atoms with Crippen LogP contribution in [0.3, 0.4) is 0 Å². The third-order valence-electron chi connectivity index (χ3n) is 3.05. The number of rotatable bonds is 4. The van der Waals surface area contributed by atoms with Crippen LogP contribution < -0.4 is 5.32 Å². The molecule has 0 aromatic heterocycles. The average molecular weight is 203 g/mol. The Bertz CT molecular complexity index is 348. The zero-order valence-electron chi connectivity index (χ0n) is 8.82. The number of benzene rings is 1. The highest BCUT2D eigenvalue weighted by Crippen LogP contribution is 2.38.